The van der Waals surface area contributed by atoms with Crippen molar-refractivity contribution >= 4 is 29.1 Å². The second-order valence-corrected chi connectivity index (χ2v) is 4.55. The summed E-state index contributed by atoms with van der Waals surface area (Å²) in [5.41, 5.74) is 0.990. The van der Waals surface area contributed by atoms with Gasteiger partial charge in [0, 0.05) is 13.4 Å². The van der Waals surface area contributed by atoms with Crippen molar-refractivity contribution < 1.29 is 1.43 Å². The average molecular weight is 297 g/mol. The van der Waals surface area contributed by atoms with E-state index in [1.54, 1.807) is 6.33 Å². The Kier molecular flexibility index (Phi) is 7.26. The van der Waals surface area contributed by atoms with Crippen LogP contribution in [0.15, 0.2) is 30.6 Å². The maximum Gasteiger partial charge on any atom is 0.137 e. The van der Waals surface area contributed by atoms with Crippen LogP contribution in [0.4, 0.5) is 5.82 Å². The topological polar surface area (TPSA) is 41.0 Å². The van der Waals surface area contributed by atoms with E-state index >= 15 is 0 Å². The number of anilines is 1. The quantitative estimate of drug-likeness (QED) is 0.795. The number of nitrogens with zero attached hydrogens (tertiary/aromatic N) is 3. The number of aromatic nitrogens is 2. The number of para-hydroxylation sites is 1. The van der Waals surface area contributed by atoms with Gasteiger partial charge in [-0.25, -0.2) is 9.97 Å². The zero-order valence-electron chi connectivity index (χ0n) is 12.2. The first-order valence-corrected chi connectivity index (χ1v) is 7.01. The van der Waals surface area contributed by atoms with Gasteiger partial charge >= 0.3 is 0 Å². The highest BCUT2D eigenvalue weighted by atomic mass is 35.5. The SMILES string of the molecule is CCN(CC)CCCNc1ncnc2ccccc12.Cl.[HH]. The lowest BCUT2D eigenvalue weighted by molar-refractivity contribution is 0.303. The third kappa shape index (κ3) is 4.32. The molecule has 0 fully saturated rings. The van der Waals surface area contributed by atoms with Gasteiger partial charge in [0.1, 0.15) is 12.1 Å². The fourth-order valence-corrected chi connectivity index (χ4v) is 2.19. The molecule has 1 aromatic carbocycles. The Labute approximate surface area is 128 Å². The van der Waals surface area contributed by atoms with Crippen molar-refractivity contribution in [1.29, 1.82) is 0 Å². The van der Waals surface area contributed by atoms with Crippen molar-refractivity contribution in [3.8, 4) is 0 Å². The van der Waals surface area contributed by atoms with Crippen LogP contribution in [0.5, 0.6) is 0 Å². The molecular formula is C15H25ClN4. The monoisotopic (exact) mass is 296 g/mol. The molecule has 2 rings (SSSR count). The van der Waals surface area contributed by atoms with E-state index in [1.165, 1.54) is 0 Å². The summed E-state index contributed by atoms with van der Waals surface area (Å²) in [6, 6.07) is 8.09. The third-order valence-corrected chi connectivity index (χ3v) is 3.38. The Bertz CT molecular complexity index is 515. The van der Waals surface area contributed by atoms with Crippen LogP contribution in [0, 0.1) is 0 Å². The van der Waals surface area contributed by atoms with Gasteiger partial charge in [-0.1, -0.05) is 26.0 Å². The first-order chi connectivity index (χ1) is 9.35. The molecule has 0 unspecified atom stereocenters. The van der Waals surface area contributed by atoms with Crippen LogP contribution in [-0.4, -0.2) is 41.0 Å². The fourth-order valence-electron chi connectivity index (χ4n) is 2.19. The maximum absolute atomic E-state index is 4.33. The molecular weight excluding hydrogens is 272 g/mol. The molecule has 0 radical (unpaired) electrons. The van der Waals surface area contributed by atoms with Crippen molar-refractivity contribution in [3.05, 3.63) is 30.6 Å². The Morgan fingerprint density at radius 1 is 1.15 bits per heavy atom. The van der Waals surface area contributed by atoms with Gasteiger partial charge in [0.05, 0.1) is 5.52 Å². The summed E-state index contributed by atoms with van der Waals surface area (Å²) in [4.78, 5) is 11.0. The van der Waals surface area contributed by atoms with Crippen LogP contribution in [0.3, 0.4) is 0 Å². The smallest absolute Gasteiger partial charge is 0.137 e. The highest BCUT2D eigenvalue weighted by Gasteiger charge is 2.02. The summed E-state index contributed by atoms with van der Waals surface area (Å²) < 4.78 is 0. The van der Waals surface area contributed by atoms with Crippen LogP contribution in [0.25, 0.3) is 10.9 Å². The summed E-state index contributed by atoms with van der Waals surface area (Å²) >= 11 is 0. The lowest BCUT2D eigenvalue weighted by Gasteiger charge is -2.17. The minimum Gasteiger partial charge on any atom is -0.369 e. The van der Waals surface area contributed by atoms with Gasteiger partial charge in [0.25, 0.3) is 0 Å². The predicted octanol–water partition coefficient (Wildman–Crippen LogP) is 3.44. The molecule has 1 N–H and O–H groups in total. The molecule has 1 heterocycles. The first-order valence-electron chi connectivity index (χ1n) is 7.01. The van der Waals surface area contributed by atoms with Crippen LogP contribution in [0.1, 0.15) is 21.7 Å². The molecule has 2 aromatic rings. The van der Waals surface area contributed by atoms with Crippen LogP contribution < -0.4 is 5.32 Å². The molecule has 112 valence electrons. The second-order valence-electron chi connectivity index (χ2n) is 4.55. The number of rotatable bonds is 7. The van der Waals surface area contributed by atoms with E-state index in [0.29, 0.717) is 0 Å². The number of fused-ring (bicyclic) bond motifs is 1. The normalized spacial score (nSPS) is 10.6. The molecule has 20 heavy (non-hydrogen) atoms. The lowest BCUT2D eigenvalue weighted by Crippen LogP contribution is -2.25. The number of benzene rings is 1. The van der Waals surface area contributed by atoms with Crippen molar-refractivity contribution in [2.75, 3.05) is 31.5 Å². The van der Waals surface area contributed by atoms with Gasteiger partial charge in [0.15, 0.2) is 0 Å². The third-order valence-electron chi connectivity index (χ3n) is 3.38. The van der Waals surface area contributed by atoms with Crippen LogP contribution in [0.2, 0.25) is 0 Å². The summed E-state index contributed by atoms with van der Waals surface area (Å²) in [5.74, 6) is 0.935. The Hall–Kier alpha value is -1.39. The number of hydrogen-bond donors (Lipinski definition) is 1. The standard InChI is InChI=1S/C15H22N4.ClH.H2/c1-3-19(4-2)11-7-10-16-15-13-8-5-6-9-14(13)17-12-18-15;;/h5-6,8-9,12H,3-4,7,10-11H2,1-2H3,(H,16,17,18);2*1H. The molecule has 0 atom stereocenters. The van der Waals surface area contributed by atoms with Crippen molar-refractivity contribution in [2.45, 2.75) is 20.3 Å². The molecule has 5 heteroatoms. The molecule has 0 amide bonds. The molecule has 0 aliphatic carbocycles. The average Bonchev–Trinajstić information content (AvgIpc) is 2.47. The summed E-state index contributed by atoms with van der Waals surface area (Å²) in [5, 5.41) is 4.50. The lowest BCUT2D eigenvalue weighted by atomic mass is 10.2. The second kappa shape index (κ2) is 8.72. The summed E-state index contributed by atoms with van der Waals surface area (Å²) in [6.07, 6.45) is 2.75. The van der Waals surface area contributed by atoms with Crippen molar-refractivity contribution in [3.63, 3.8) is 0 Å². The van der Waals surface area contributed by atoms with Gasteiger partial charge in [-0.15, -0.1) is 12.4 Å². The zero-order valence-corrected chi connectivity index (χ0v) is 13.0. The van der Waals surface area contributed by atoms with Crippen molar-refractivity contribution in [1.82, 2.24) is 14.9 Å². The molecule has 1 aromatic heterocycles. The van der Waals surface area contributed by atoms with E-state index in [9.17, 15) is 0 Å². The zero-order chi connectivity index (χ0) is 13.5. The first kappa shape index (κ1) is 16.7. The molecule has 0 bridgehead atoms. The van der Waals surface area contributed by atoms with E-state index in [1.807, 2.05) is 18.2 Å². The van der Waals surface area contributed by atoms with E-state index in [4.69, 9.17) is 0 Å². The van der Waals surface area contributed by atoms with E-state index < -0.39 is 0 Å². The molecule has 0 aliphatic heterocycles. The van der Waals surface area contributed by atoms with Gasteiger partial charge in [-0.2, -0.15) is 0 Å². The molecule has 0 saturated carbocycles. The predicted molar refractivity (Wildman–Crippen MR) is 89.8 cm³/mol. The van der Waals surface area contributed by atoms with E-state index in [0.717, 1.165) is 49.3 Å². The van der Waals surface area contributed by atoms with Gasteiger partial charge in [-0.05, 0) is 38.2 Å². The minimum absolute atomic E-state index is 0. The Balaban J connectivity index is 0.00000200. The Morgan fingerprint density at radius 3 is 2.65 bits per heavy atom. The fraction of sp³-hybridized carbons (Fsp3) is 0.467. The van der Waals surface area contributed by atoms with Crippen LogP contribution >= 0.6 is 12.4 Å². The number of nitrogens with one attached hydrogen (secondary N) is 1. The van der Waals surface area contributed by atoms with Gasteiger partial charge in [-0.3, -0.25) is 0 Å². The van der Waals surface area contributed by atoms with E-state index in [2.05, 4.69) is 40.1 Å². The van der Waals surface area contributed by atoms with Gasteiger partial charge in [0.2, 0.25) is 0 Å². The van der Waals surface area contributed by atoms with Gasteiger partial charge < -0.3 is 10.2 Å². The number of hydrogen-bond acceptors (Lipinski definition) is 4. The molecule has 0 aliphatic rings. The molecule has 0 saturated heterocycles. The summed E-state index contributed by atoms with van der Waals surface area (Å²) in [7, 11) is 0. The van der Waals surface area contributed by atoms with Crippen molar-refractivity contribution in [2.24, 2.45) is 0 Å². The largest absolute Gasteiger partial charge is 0.369 e. The van der Waals surface area contributed by atoms with Crippen LogP contribution in [-0.2, 0) is 0 Å². The molecule has 0 spiro atoms. The minimum atomic E-state index is 0. The highest BCUT2D eigenvalue weighted by Crippen LogP contribution is 2.17. The number of halogens is 1. The molecule has 4 nitrogen and oxygen atoms in total. The Morgan fingerprint density at radius 2 is 1.90 bits per heavy atom. The highest BCUT2D eigenvalue weighted by molar-refractivity contribution is 5.88. The summed E-state index contributed by atoms with van der Waals surface area (Å²) in [6.45, 7) is 8.71. The maximum atomic E-state index is 4.33. The van der Waals surface area contributed by atoms with E-state index in [-0.39, 0.29) is 13.8 Å².